The minimum atomic E-state index is 0. The van der Waals surface area contributed by atoms with Crippen LogP contribution in [0.3, 0.4) is 0 Å². The van der Waals surface area contributed by atoms with Gasteiger partial charge in [0.2, 0.25) is 0 Å². The molecule has 0 aliphatic heterocycles. The van der Waals surface area contributed by atoms with E-state index in [0.29, 0.717) is 5.92 Å². The number of nitrogens with zero attached hydrogens (tertiary/aromatic N) is 1. The van der Waals surface area contributed by atoms with Crippen LogP contribution in [0.4, 0.5) is 0 Å². The quantitative estimate of drug-likeness (QED) is 0.325. The van der Waals surface area contributed by atoms with Gasteiger partial charge in [-0.05, 0) is 0 Å². The number of hydrogen-bond acceptors (Lipinski definition) is 0. The predicted molar refractivity (Wildman–Crippen MR) is 65.6 cm³/mol. The molecule has 0 spiro atoms. The van der Waals surface area contributed by atoms with E-state index in [-0.39, 0.29) is 56.6 Å². The minimum absolute atomic E-state index is 0. The Labute approximate surface area is 149 Å². The van der Waals surface area contributed by atoms with Gasteiger partial charge in [-0.2, -0.15) is 54.9 Å². The van der Waals surface area contributed by atoms with E-state index in [1.807, 2.05) is 18.2 Å². The van der Waals surface area contributed by atoms with Gasteiger partial charge in [-0.25, -0.2) is 0 Å². The summed E-state index contributed by atoms with van der Waals surface area (Å²) in [4.78, 5) is 0. The Kier molecular flexibility index (Phi) is 21.4. The first kappa shape index (κ1) is 24.0. The maximum absolute atomic E-state index is 4.51. The van der Waals surface area contributed by atoms with Gasteiger partial charge >= 0.3 is 56.6 Å². The Morgan fingerprint density at radius 3 is 2.61 bits per heavy atom. The van der Waals surface area contributed by atoms with E-state index < -0.39 is 0 Å². The van der Waals surface area contributed by atoms with Gasteiger partial charge in [-0.3, -0.25) is 0 Å². The van der Waals surface area contributed by atoms with Crippen molar-refractivity contribution in [2.45, 2.75) is 32.7 Å². The fourth-order valence-electron chi connectivity index (χ4n) is 1.49. The molecular weight excluding hydrogens is 203 g/mol. The van der Waals surface area contributed by atoms with E-state index >= 15 is 0 Å². The molecule has 0 aliphatic carbocycles. The smallest absolute Gasteiger partial charge is 0.670 e. The van der Waals surface area contributed by atoms with E-state index in [9.17, 15) is 0 Å². The van der Waals surface area contributed by atoms with Gasteiger partial charge in [0.1, 0.15) is 0 Å². The summed E-state index contributed by atoms with van der Waals surface area (Å²) in [5, 5.41) is 4.51. The third-order valence-electron chi connectivity index (χ3n) is 2.42. The fourth-order valence-corrected chi connectivity index (χ4v) is 1.49. The second-order valence-electron chi connectivity index (χ2n) is 3.98. The molecule has 18 heavy (non-hydrogen) atoms. The van der Waals surface area contributed by atoms with Crippen LogP contribution < -0.4 is 56.6 Å². The molecule has 1 unspecified atom stereocenters. The number of unbranched alkanes of at least 4 members (excludes halogenated alkanes) is 1. The van der Waals surface area contributed by atoms with Crippen LogP contribution in [0.5, 0.6) is 0 Å². The Bertz CT molecular complexity index is 254. The number of benzene rings is 1. The SMILES string of the molecule is [CH2-]C(CCCC)C[N-]Cc1c[c-]ccc1.[Li+].[Li+].[Li+]. The zero-order valence-electron chi connectivity index (χ0n) is 12.6. The van der Waals surface area contributed by atoms with Crippen LogP contribution >= 0.6 is 0 Å². The topological polar surface area (TPSA) is 14.1 Å². The van der Waals surface area contributed by atoms with E-state index in [0.717, 1.165) is 13.1 Å². The van der Waals surface area contributed by atoms with Crippen LogP contribution in [0.2, 0.25) is 0 Å². The van der Waals surface area contributed by atoms with E-state index in [1.54, 1.807) is 0 Å². The number of hydrogen-bond donors (Lipinski definition) is 0. The molecule has 84 valence electrons. The molecule has 1 rings (SSSR count). The average molecular weight is 223 g/mol. The van der Waals surface area contributed by atoms with Gasteiger partial charge in [0.25, 0.3) is 0 Å². The molecule has 0 radical (unpaired) electrons. The first-order valence-electron chi connectivity index (χ1n) is 5.74. The molecule has 1 nitrogen and oxygen atoms in total. The summed E-state index contributed by atoms with van der Waals surface area (Å²) in [6.45, 7) is 8.00. The fraction of sp³-hybridized carbons (Fsp3) is 0.500. The molecule has 0 saturated carbocycles. The van der Waals surface area contributed by atoms with Gasteiger partial charge in [0, 0.05) is 0 Å². The molecule has 0 saturated heterocycles. The summed E-state index contributed by atoms with van der Waals surface area (Å²) in [6.07, 6.45) is 3.71. The van der Waals surface area contributed by atoms with Gasteiger partial charge < -0.3 is 12.2 Å². The summed E-state index contributed by atoms with van der Waals surface area (Å²) >= 11 is 0. The second-order valence-corrected chi connectivity index (χ2v) is 3.98. The standard InChI is InChI=1S/C14H20N.3Li/c1-3-4-8-13(2)11-15-12-14-9-6-5-7-10-14;;;/h5-6,9-10,13H,2-4,8,11-12H2,1H3;;;/q-3;3*+1. The molecular formula is C14H20Li3N. The Morgan fingerprint density at radius 2 is 2.06 bits per heavy atom. The van der Waals surface area contributed by atoms with E-state index in [2.05, 4.69) is 31.3 Å². The molecule has 0 amide bonds. The van der Waals surface area contributed by atoms with Crippen LogP contribution in [0, 0.1) is 18.9 Å². The van der Waals surface area contributed by atoms with Crippen LogP contribution in [0.1, 0.15) is 31.7 Å². The zero-order chi connectivity index (χ0) is 10.9. The maximum Gasteiger partial charge on any atom is 1.00 e. The summed E-state index contributed by atoms with van der Waals surface area (Å²) < 4.78 is 0. The van der Waals surface area contributed by atoms with Crippen LogP contribution in [-0.2, 0) is 6.54 Å². The largest absolute Gasteiger partial charge is 1.00 e. The molecule has 0 bridgehead atoms. The molecule has 0 fully saturated rings. The Hall–Kier alpha value is 0.972. The van der Waals surface area contributed by atoms with Crippen molar-refractivity contribution in [2.24, 2.45) is 5.92 Å². The van der Waals surface area contributed by atoms with Crippen molar-refractivity contribution in [3.05, 3.63) is 48.1 Å². The van der Waals surface area contributed by atoms with Crippen molar-refractivity contribution in [1.82, 2.24) is 0 Å². The summed E-state index contributed by atoms with van der Waals surface area (Å²) in [7, 11) is 0. The zero-order valence-corrected chi connectivity index (χ0v) is 12.6. The van der Waals surface area contributed by atoms with E-state index in [4.69, 9.17) is 0 Å². The molecule has 1 atom stereocenters. The van der Waals surface area contributed by atoms with Gasteiger partial charge in [0.15, 0.2) is 0 Å². The molecule has 0 N–H and O–H groups in total. The predicted octanol–water partition coefficient (Wildman–Crippen LogP) is -4.99. The van der Waals surface area contributed by atoms with Crippen LogP contribution in [0.15, 0.2) is 24.3 Å². The minimum Gasteiger partial charge on any atom is -0.670 e. The average Bonchev–Trinajstić information content (AvgIpc) is 2.28. The monoisotopic (exact) mass is 223 g/mol. The molecule has 0 heterocycles. The third kappa shape index (κ3) is 12.0. The maximum atomic E-state index is 4.51. The Morgan fingerprint density at radius 1 is 1.33 bits per heavy atom. The third-order valence-corrected chi connectivity index (χ3v) is 2.42. The molecule has 1 aromatic carbocycles. The molecule has 1 aromatic rings. The summed E-state index contributed by atoms with van der Waals surface area (Å²) in [5.74, 6) is 0.484. The van der Waals surface area contributed by atoms with Crippen molar-refractivity contribution >= 4 is 0 Å². The first-order valence-corrected chi connectivity index (χ1v) is 5.74. The van der Waals surface area contributed by atoms with Gasteiger partial charge in [-0.1, -0.05) is 26.2 Å². The first-order chi connectivity index (χ1) is 7.33. The molecule has 0 aromatic heterocycles. The second kappa shape index (κ2) is 16.0. The van der Waals surface area contributed by atoms with E-state index in [1.165, 1.54) is 24.8 Å². The van der Waals surface area contributed by atoms with Gasteiger partial charge in [0.05, 0.1) is 0 Å². The molecule has 4 heteroatoms. The normalized spacial score (nSPS) is 10.6. The van der Waals surface area contributed by atoms with Crippen molar-refractivity contribution in [1.29, 1.82) is 0 Å². The van der Waals surface area contributed by atoms with Crippen molar-refractivity contribution in [2.75, 3.05) is 6.54 Å². The van der Waals surface area contributed by atoms with Gasteiger partial charge in [-0.15, -0.1) is 0 Å². The van der Waals surface area contributed by atoms with Crippen molar-refractivity contribution in [3.63, 3.8) is 0 Å². The number of rotatable bonds is 7. The summed E-state index contributed by atoms with van der Waals surface area (Å²) in [6, 6.07) is 11.1. The van der Waals surface area contributed by atoms with Crippen LogP contribution in [0.25, 0.3) is 5.32 Å². The van der Waals surface area contributed by atoms with Crippen molar-refractivity contribution in [3.8, 4) is 0 Å². The molecule has 0 aliphatic rings. The van der Waals surface area contributed by atoms with Crippen LogP contribution in [-0.4, -0.2) is 6.54 Å². The summed E-state index contributed by atoms with van der Waals surface area (Å²) in [5.41, 5.74) is 1.24. The Balaban J connectivity index is -0.000000750. The van der Waals surface area contributed by atoms with Crippen molar-refractivity contribution < 1.29 is 56.6 Å².